The summed E-state index contributed by atoms with van der Waals surface area (Å²) in [6, 6.07) is 8.70. The maximum absolute atomic E-state index is 12.8. The number of halogens is 1. The van der Waals surface area contributed by atoms with E-state index in [1.165, 1.54) is 0 Å². The predicted molar refractivity (Wildman–Crippen MR) is 121 cm³/mol. The van der Waals surface area contributed by atoms with Gasteiger partial charge in [0.25, 0.3) is 5.91 Å². The summed E-state index contributed by atoms with van der Waals surface area (Å²) < 4.78 is 0.511. The molecule has 1 aromatic heterocycles. The van der Waals surface area contributed by atoms with Gasteiger partial charge in [-0.15, -0.1) is 11.3 Å². The third kappa shape index (κ3) is 5.00. The van der Waals surface area contributed by atoms with Gasteiger partial charge >= 0.3 is 0 Å². The molecule has 0 atom stereocenters. The van der Waals surface area contributed by atoms with Crippen LogP contribution in [-0.2, 0) is 9.59 Å². The first-order valence-electron chi connectivity index (χ1n) is 9.55. The Balaban J connectivity index is 1.68. The van der Waals surface area contributed by atoms with Crippen LogP contribution in [0.15, 0.2) is 30.3 Å². The molecule has 7 nitrogen and oxygen atoms in total. The van der Waals surface area contributed by atoms with Crippen LogP contribution in [0.1, 0.15) is 29.1 Å². The maximum atomic E-state index is 12.8. The topological polar surface area (TPSA) is 81.8 Å². The summed E-state index contributed by atoms with van der Waals surface area (Å²) in [5.74, 6) is -0.644. The van der Waals surface area contributed by atoms with Gasteiger partial charge in [0.2, 0.25) is 11.8 Å². The van der Waals surface area contributed by atoms with Crippen LogP contribution in [0.3, 0.4) is 0 Å². The fourth-order valence-corrected chi connectivity index (χ4v) is 4.15. The number of aryl methyl sites for hydroxylation is 1. The highest BCUT2D eigenvalue weighted by Gasteiger charge is 2.31. The molecule has 0 bridgehead atoms. The van der Waals surface area contributed by atoms with E-state index in [0.29, 0.717) is 28.0 Å². The first kappa shape index (κ1) is 22.3. The molecule has 3 rings (SSSR count). The van der Waals surface area contributed by atoms with Crippen molar-refractivity contribution in [3.8, 4) is 0 Å². The first-order valence-corrected chi connectivity index (χ1v) is 10.7. The highest BCUT2D eigenvalue weighted by molar-refractivity contribution is 7.18. The number of nitrogens with zero attached hydrogens (tertiary/aromatic N) is 2. The van der Waals surface area contributed by atoms with Gasteiger partial charge in [0, 0.05) is 24.5 Å². The standard InChI is InChI=1S/C21H25ClN4O3S/c1-13-11-14(5-6-15(13)26-10-9-25(4)12-18(26)27)23-20(29)21(2,3)24-19(28)16-7-8-17(22)30-16/h5-8,11H,9-10,12H2,1-4H3,(H,23,29)(H,24,28). The van der Waals surface area contributed by atoms with E-state index in [4.69, 9.17) is 11.6 Å². The number of carbonyl (C=O) groups excluding carboxylic acids is 3. The van der Waals surface area contributed by atoms with Crippen LogP contribution in [0.2, 0.25) is 4.34 Å². The molecular weight excluding hydrogens is 424 g/mol. The van der Waals surface area contributed by atoms with Gasteiger partial charge in [0.05, 0.1) is 15.8 Å². The number of thiophene rings is 1. The summed E-state index contributed by atoms with van der Waals surface area (Å²) in [4.78, 5) is 41.7. The lowest BCUT2D eigenvalue weighted by molar-refractivity contribution is -0.121. The van der Waals surface area contributed by atoms with E-state index in [2.05, 4.69) is 10.6 Å². The molecule has 2 aromatic rings. The second-order valence-electron chi connectivity index (χ2n) is 7.92. The molecule has 0 radical (unpaired) electrons. The smallest absolute Gasteiger partial charge is 0.262 e. The zero-order valence-corrected chi connectivity index (χ0v) is 19.0. The molecule has 1 aromatic carbocycles. The fourth-order valence-electron chi connectivity index (χ4n) is 3.21. The molecule has 1 fully saturated rings. The molecule has 0 unspecified atom stereocenters. The molecule has 1 aliphatic rings. The van der Waals surface area contributed by atoms with Crippen LogP contribution in [0, 0.1) is 6.92 Å². The largest absolute Gasteiger partial charge is 0.337 e. The van der Waals surface area contributed by atoms with Crippen molar-refractivity contribution >= 4 is 52.0 Å². The van der Waals surface area contributed by atoms with E-state index in [1.54, 1.807) is 36.9 Å². The van der Waals surface area contributed by atoms with Crippen molar-refractivity contribution in [2.45, 2.75) is 26.3 Å². The highest BCUT2D eigenvalue weighted by atomic mass is 35.5. The summed E-state index contributed by atoms with van der Waals surface area (Å²) in [5.41, 5.74) is 1.20. The average molecular weight is 449 g/mol. The van der Waals surface area contributed by atoms with Crippen LogP contribution < -0.4 is 15.5 Å². The van der Waals surface area contributed by atoms with E-state index in [0.717, 1.165) is 29.1 Å². The summed E-state index contributed by atoms with van der Waals surface area (Å²) in [7, 11) is 1.92. The van der Waals surface area contributed by atoms with Gasteiger partial charge in [0.1, 0.15) is 5.54 Å². The fraction of sp³-hybridized carbons (Fsp3) is 0.381. The zero-order valence-electron chi connectivity index (χ0n) is 17.4. The van der Waals surface area contributed by atoms with Crippen molar-refractivity contribution in [3.63, 3.8) is 0 Å². The minimum absolute atomic E-state index is 0.0566. The van der Waals surface area contributed by atoms with Crippen LogP contribution >= 0.6 is 22.9 Å². The number of nitrogens with one attached hydrogen (secondary N) is 2. The monoisotopic (exact) mass is 448 g/mol. The minimum atomic E-state index is -1.13. The Hall–Kier alpha value is -2.42. The number of hydrogen-bond acceptors (Lipinski definition) is 5. The van der Waals surface area contributed by atoms with Crippen molar-refractivity contribution in [1.82, 2.24) is 10.2 Å². The first-order chi connectivity index (χ1) is 14.1. The van der Waals surface area contributed by atoms with E-state index in [-0.39, 0.29) is 17.7 Å². The molecular formula is C21H25ClN4O3S. The van der Waals surface area contributed by atoms with Crippen molar-refractivity contribution in [2.24, 2.45) is 0 Å². The van der Waals surface area contributed by atoms with E-state index < -0.39 is 5.54 Å². The van der Waals surface area contributed by atoms with Gasteiger partial charge in [-0.25, -0.2) is 0 Å². The lowest BCUT2D eigenvalue weighted by Gasteiger charge is -2.33. The van der Waals surface area contributed by atoms with Gasteiger partial charge in [0.15, 0.2) is 0 Å². The van der Waals surface area contributed by atoms with Crippen LogP contribution in [0.25, 0.3) is 0 Å². The molecule has 0 spiro atoms. The number of likely N-dealkylation sites (N-methyl/N-ethyl adjacent to an activating group) is 1. The SMILES string of the molecule is Cc1cc(NC(=O)C(C)(C)NC(=O)c2ccc(Cl)s2)ccc1N1CCN(C)CC1=O. The third-order valence-electron chi connectivity index (χ3n) is 4.95. The quantitative estimate of drug-likeness (QED) is 0.736. The maximum Gasteiger partial charge on any atom is 0.262 e. The Kier molecular flexibility index (Phi) is 6.50. The zero-order chi connectivity index (χ0) is 22.1. The van der Waals surface area contributed by atoms with Crippen LogP contribution in [0.5, 0.6) is 0 Å². The number of rotatable bonds is 5. The van der Waals surface area contributed by atoms with Gasteiger partial charge in [-0.05, 0) is 63.7 Å². The van der Waals surface area contributed by atoms with E-state index in [1.807, 2.05) is 31.0 Å². The van der Waals surface area contributed by atoms with Crippen LogP contribution in [-0.4, -0.2) is 54.8 Å². The molecule has 0 saturated carbocycles. The van der Waals surface area contributed by atoms with Crippen molar-refractivity contribution < 1.29 is 14.4 Å². The highest BCUT2D eigenvalue weighted by Crippen LogP contribution is 2.26. The third-order valence-corrected chi connectivity index (χ3v) is 6.18. The predicted octanol–water partition coefficient (Wildman–Crippen LogP) is 3.14. The molecule has 30 heavy (non-hydrogen) atoms. The summed E-state index contributed by atoms with van der Waals surface area (Å²) in [5, 5.41) is 5.58. The van der Waals surface area contributed by atoms with Crippen LogP contribution in [0.4, 0.5) is 11.4 Å². The number of piperazine rings is 1. The Morgan fingerprint density at radius 1 is 1.17 bits per heavy atom. The lowest BCUT2D eigenvalue weighted by Crippen LogP contribution is -2.52. The summed E-state index contributed by atoms with van der Waals surface area (Å²) >= 11 is 7.03. The molecule has 1 aliphatic heterocycles. The number of anilines is 2. The second kappa shape index (κ2) is 8.75. The molecule has 2 N–H and O–H groups in total. The number of amides is 3. The van der Waals surface area contributed by atoms with Gasteiger partial charge in [-0.2, -0.15) is 0 Å². The molecule has 3 amide bonds. The normalized spacial score (nSPS) is 15.2. The Bertz CT molecular complexity index is 988. The number of carbonyl (C=O) groups is 3. The minimum Gasteiger partial charge on any atom is -0.337 e. The van der Waals surface area contributed by atoms with Gasteiger partial charge < -0.3 is 15.5 Å². The molecule has 9 heteroatoms. The Labute approximate surface area is 185 Å². The Morgan fingerprint density at radius 3 is 2.50 bits per heavy atom. The van der Waals surface area contributed by atoms with Crippen molar-refractivity contribution in [1.29, 1.82) is 0 Å². The molecule has 160 valence electrons. The molecule has 2 heterocycles. The molecule has 0 aliphatic carbocycles. The van der Waals surface area contributed by atoms with E-state index >= 15 is 0 Å². The van der Waals surface area contributed by atoms with Crippen molar-refractivity contribution in [2.75, 3.05) is 36.9 Å². The van der Waals surface area contributed by atoms with Crippen molar-refractivity contribution in [3.05, 3.63) is 45.1 Å². The number of benzene rings is 1. The van der Waals surface area contributed by atoms with E-state index in [9.17, 15) is 14.4 Å². The number of hydrogen-bond donors (Lipinski definition) is 2. The lowest BCUT2D eigenvalue weighted by atomic mass is 10.0. The molecule has 1 saturated heterocycles. The average Bonchev–Trinajstić information content (AvgIpc) is 3.09. The summed E-state index contributed by atoms with van der Waals surface area (Å²) in [6.07, 6.45) is 0. The Morgan fingerprint density at radius 2 is 1.90 bits per heavy atom. The second-order valence-corrected chi connectivity index (χ2v) is 9.64. The summed E-state index contributed by atoms with van der Waals surface area (Å²) in [6.45, 7) is 7.02. The van der Waals surface area contributed by atoms with Gasteiger partial charge in [-0.1, -0.05) is 11.6 Å². The van der Waals surface area contributed by atoms with Gasteiger partial charge in [-0.3, -0.25) is 19.3 Å².